The molecule has 6 nitrogen and oxygen atoms in total. The van der Waals surface area contributed by atoms with Crippen molar-refractivity contribution < 1.29 is 13.2 Å². The summed E-state index contributed by atoms with van der Waals surface area (Å²) < 4.78 is 41.1. The number of aromatic nitrogens is 4. The van der Waals surface area contributed by atoms with E-state index in [0.29, 0.717) is 29.4 Å². The average Bonchev–Trinajstić information content (AvgIpc) is 3.06. The Labute approximate surface area is 169 Å². The van der Waals surface area contributed by atoms with Crippen LogP contribution >= 0.6 is 11.6 Å². The van der Waals surface area contributed by atoms with Gasteiger partial charge in [-0.15, -0.1) is 0 Å². The lowest BCUT2D eigenvalue weighted by atomic mass is 9.92. The smallest absolute Gasteiger partial charge is 0.394 e. The van der Waals surface area contributed by atoms with Gasteiger partial charge < -0.3 is 15.6 Å². The first-order valence-electron chi connectivity index (χ1n) is 9.08. The Balaban J connectivity index is 1.54. The fraction of sp³-hybridized carbons (Fsp3) is 0.316. The number of hydrogen-bond acceptors (Lipinski definition) is 5. The van der Waals surface area contributed by atoms with Crippen molar-refractivity contribution in [1.82, 2.24) is 19.5 Å². The number of anilines is 2. The van der Waals surface area contributed by atoms with Gasteiger partial charge in [0.05, 0.1) is 11.9 Å². The van der Waals surface area contributed by atoms with Gasteiger partial charge in [-0.1, -0.05) is 24.3 Å². The van der Waals surface area contributed by atoms with E-state index < -0.39 is 11.9 Å². The number of nitrogens with one attached hydrogen (secondary N) is 1. The topological polar surface area (TPSA) is 81.7 Å². The predicted molar refractivity (Wildman–Crippen MR) is 104 cm³/mol. The van der Waals surface area contributed by atoms with E-state index in [1.807, 2.05) is 12.1 Å². The van der Waals surface area contributed by atoms with Gasteiger partial charge in [-0.05, 0) is 36.4 Å². The molecular formula is C19H18ClF3N6. The molecule has 0 aliphatic heterocycles. The molecule has 2 aromatic heterocycles. The van der Waals surface area contributed by atoms with Crippen molar-refractivity contribution in [1.29, 1.82) is 0 Å². The third kappa shape index (κ3) is 4.14. The minimum Gasteiger partial charge on any atom is -0.394 e. The van der Waals surface area contributed by atoms with Crippen molar-refractivity contribution in [2.24, 2.45) is 0 Å². The zero-order valence-electron chi connectivity index (χ0n) is 15.2. The monoisotopic (exact) mass is 422 g/mol. The lowest BCUT2D eigenvalue weighted by Crippen LogP contribution is -2.17. The Morgan fingerprint density at radius 2 is 1.90 bits per heavy atom. The van der Waals surface area contributed by atoms with Crippen LogP contribution in [-0.4, -0.2) is 19.5 Å². The fourth-order valence-corrected chi connectivity index (χ4v) is 3.29. The summed E-state index contributed by atoms with van der Waals surface area (Å²) in [5.41, 5.74) is 6.86. The van der Waals surface area contributed by atoms with Crippen LogP contribution in [0.3, 0.4) is 0 Å². The number of nitrogens with two attached hydrogens (primary N) is 1. The Morgan fingerprint density at radius 3 is 2.52 bits per heavy atom. The van der Waals surface area contributed by atoms with Crippen LogP contribution in [0.2, 0.25) is 5.28 Å². The van der Waals surface area contributed by atoms with Crippen LogP contribution in [0.1, 0.15) is 36.6 Å². The van der Waals surface area contributed by atoms with E-state index in [1.54, 1.807) is 16.7 Å². The quantitative estimate of drug-likeness (QED) is 0.569. The molecule has 4 rings (SSSR count). The number of benzene rings is 1. The maximum Gasteiger partial charge on any atom is 0.434 e. The summed E-state index contributed by atoms with van der Waals surface area (Å²) in [6.07, 6.45) is 0.823. The molecular weight excluding hydrogens is 405 g/mol. The maximum absolute atomic E-state index is 13.2. The van der Waals surface area contributed by atoms with E-state index in [-0.39, 0.29) is 11.3 Å². The third-order valence-electron chi connectivity index (χ3n) is 4.95. The molecule has 10 heteroatoms. The third-order valence-corrected chi connectivity index (χ3v) is 5.13. The zero-order chi connectivity index (χ0) is 20.6. The average molecular weight is 423 g/mol. The van der Waals surface area contributed by atoms with Crippen molar-refractivity contribution >= 4 is 23.1 Å². The van der Waals surface area contributed by atoms with Crippen LogP contribution < -0.4 is 11.1 Å². The van der Waals surface area contributed by atoms with E-state index in [4.69, 9.17) is 17.3 Å². The molecule has 3 N–H and O–H groups in total. The summed E-state index contributed by atoms with van der Waals surface area (Å²) in [5.74, 6) is 0.762. The highest BCUT2D eigenvalue weighted by molar-refractivity contribution is 6.28. The van der Waals surface area contributed by atoms with Gasteiger partial charge in [0.1, 0.15) is 5.82 Å². The number of imidazole rings is 1. The molecule has 1 aromatic carbocycles. The van der Waals surface area contributed by atoms with Crippen LogP contribution in [0.4, 0.5) is 24.7 Å². The number of hydrogen-bond donors (Lipinski definition) is 2. The summed E-state index contributed by atoms with van der Waals surface area (Å²) >= 11 is 5.77. The molecule has 0 bridgehead atoms. The van der Waals surface area contributed by atoms with Gasteiger partial charge in [0.15, 0.2) is 11.5 Å². The van der Waals surface area contributed by atoms with Crippen molar-refractivity contribution in [2.75, 3.05) is 11.1 Å². The van der Waals surface area contributed by atoms with Gasteiger partial charge in [-0.2, -0.15) is 18.2 Å². The number of halogens is 4. The Kier molecular flexibility index (Phi) is 5.08. The second-order valence-corrected chi connectivity index (χ2v) is 7.27. The van der Waals surface area contributed by atoms with Gasteiger partial charge in [-0.25, -0.2) is 9.97 Å². The number of nitrogens with zero attached hydrogens (tertiary/aromatic N) is 4. The summed E-state index contributed by atoms with van der Waals surface area (Å²) in [4.78, 5) is 11.7. The standard InChI is InChI=1S/C19H18ClF3N6/c20-18-26-9-14(24)16(28-18)25-8-11-4-6-12(7-5-11)17-27-15(19(21,22)23)10-29(17)13-2-1-3-13/h4-7,9-10,13H,1-3,8,24H2,(H,25,26,28). The minimum atomic E-state index is -4.47. The molecule has 0 amide bonds. The molecule has 1 aliphatic carbocycles. The van der Waals surface area contributed by atoms with Gasteiger partial charge in [-0.3, -0.25) is 0 Å². The second kappa shape index (κ2) is 7.55. The SMILES string of the molecule is Nc1cnc(Cl)nc1NCc1ccc(-c2nc(C(F)(F)F)cn2C2CCC2)cc1. The summed E-state index contributed by atoms with van der Waals surface area (Å²) in [5, 5.41) is 3.15. The van der Waals surface area contributed by atoms with E-state index in [1.165, 1.54) is 6.20 Å². The molecule has 3 aromatic rings. The minimum absolute atomic E-state index is 0.0698. The van der Waals surface area contributed by atoms with Crippen LogP contribution in [0, 0.1) is 0 Å². The van der Waals surface area contributed by atoms with Crippen LogP contribution in [0.25, 0.3) is 11.4 Å². The molecule has 1 saturated carbocycles. The van der Waals surface area contributed by atoms with Crippen LogP contribution in [0.5, 0.6) is 0 Å². The second-order valence-electron chi connectivity index (χ2n) is 6.93. The highest BCUT2D eigenvalue weighted by Crippen LogP contribution is 2.38. The molecule has 1 aliphatic rings. The first-order chi connectivity index (χ1) is 13.8. The summed E-state index contributed by atoms with van der Waals surface area (Å²) in [7, 11) is 0. The van der Waals surface area contributed by atoms with E-state index >= 15 is 0 Å². The molecule has 2 heterocycles. The Morgan fingerprint density at radius 1 is 1.17 bits per heavy atom. The largest absolute Gasteiger partial charge is 0.434 e. The van der Waals surface area contributed by atoms with Gasteiger partial charge in [0.2, 0.25) is 5.28 Å². The fourth-order valence-electron chi connectivity index (χ4n) is 3.16. The van der Waals surface area contributed by atoms with Gasteiger partial charge >= 0.3 is 6.18 Å². The molecule has 1 fully saturated rings. The Hall–Kier alpha value is -2.81. The van der Waals surface area contributed by atoms with Crippen LogP contribution in [0.15, 0.2) is 36.7 Å². The van der Waals surface area contributed by atoms with Gasteiger partial charge in [0, 0.05) is 24.3 Å². The van der Waals surface area contributed by atoms with E-state index in [9.17, 15) is 13.2 Å². The van der Waals surface area contributed by atoms with Gasteiger partial charge in [0.25, 0.3) is 0 Å². The predicted octanol–water partition coefficient (Wildman–Crippen LogP) is 4.93. The molecule has 29 heavy (non-hydrogen) atoms. The molecule has 0 radical (unpaired) electrons. The van der Waals surface area contributed by atoms with E-state index in [0.717, 1.165) is 31.0 Å². The summed E-state index contributed by atoms with van der Waals surface area (Å²) in [6, 6.07) is 7.26. The van der Waals surface area contributed by atoms with E-state index in [2.05, 4.69) is 20.3 Å². The van der Waals surface area contributed by atoms with Crippen molar-refractivity contribution in [3.05, 3.63) is 53.2 Å². The number of nitrogen functional groups attached to an aromatic ring is 1. The first kappa shape index (κ1) is 19.5. The molecule has 0 saturated heterocycles. The van der Waals surface area contributed by atoms with Crippen molar-refractivity contribution in [3.63, 3.8) is 0 Å². The number of alkyl halides is 3. The summed E-state index contributed by atoms with van der Waals surface area (Å²) in [6.45, 7) is 0.419. The lowest BCUT2D eigenvalue weighted by Gasteiger charge is -2.28. The molecule has 0 atom stereocenters. The molecule has 152 valence electrons. The van der Waals surface area contributed by atoms with Crippen molar-refractivity contribution in [3.8, 4) is 11.4 Å². The van der Waals surface area contributed by atoms with Crippen LogP contribution in [-0.2, 0) is 12.7 Å². The van der Waals surface area contributed by atoms with Crippen molar-refractivity contribution in [2.45, 2.75) is 38.0 Å². The highest BCUT2D eigenvalue weighted by Gasteiger charge is 2.36. The maximum atomic E-state index is 13.2. The highest BCUT2D eigenvalue weighted by atomic mass is 35.5. The zero-order valence-corrected chi connectivity index (χ0v) is 16.0. The number of rotatable bonds is 5. The first-order valence-corrected chi connectivity index (χ1v) is 9.46. The molecule has 0 unspecified atom stereocenters. The Bertz CT molecular complexity index is 1010. The molecule has 0 spiro atoms. The lowest BCUT2D eigenvalue weighted by molar-refractivity contribution is -0.140. The normalized spacial score (nSPS) is 14.6.